The van der Waals surface area contributed by atoms with Crippen LogP contribution in [0.25, 0.3) is 17.0 Å². The van der Waals surface area contributed by atoms with E-state index in [-0.39, 0.29) is 0 Å². The van der Waals surface area contributed by atoms with E-state index in [0.717, 1.165) is 23.4 Å². The van der Waals surface area contributed by atoms with Crippen LogP contribution in [0.3, 0.4) is 0 Å². The third-order valence-electron chi connectivity index (χ3n) is 5.16. The number of fused-ring (bicyclic) bond motifs is 1. The van der Waals surface area contributed by atoms with E-state index < -0.39 is 0 Å². The molecule has 0 saturated carbocycles. The average molecular weight is 363 g/mol. The molecule has 0 radical (unpaired) electrons. The molecule has 0 unspecified atom stereocenters. The van der Waals surface area contributed by atoms with Gasteiger partial charge in [-0.2, -0.15) is 5.10 Å². The van der Waals surface area contributed by atoms with Gasteiger partial charge in [-0.1, -0.05) is 60.2 Å². The second-order valence-corrected chi connectivity index (χ2v) is 7.07. The Morgan fingerprint density at radius 2 is 1.68 bits per heavy atom. The van der Waals surface area contributed by atoms with E-state index in [1.165, 1.54) is 22.5 Å². The fourth-order valence-corrected chi connectivity index (χ4v) is 3.71. The van der Waals surface area contributed by atoms with Gasteiger partial charge in [0.2, 0.25) is 0 Å². The van der Waals surface area contributed by atoms with E-state index in [0.29, 0.717) is 0 Å². The fourth-order valence-electron chi connectivity index (χ4n) is 3.71. The molecular formula is C25H21N3. The lowest BCUT2D eigenvalue weighted by Gasteiger charge is -2.31. The summed E-state index contributed by atoms with van der Waals surface area (Å²) in [6.07, 6.45) is 13.9. The lowest BCUT2D eigenvalue weighted by Crippen LogP contribution is -2.19. The van der Waals surface area contributed by atoms with Crippen molar-refractivity contribution >= 4 is 11.3 Å². The van der Waals surface area contributed by atoms with Gasteiger partial charge in [0.05, 0.1) is 17.6 Å². The summed E-state index contributed by atoms with van der Waals surface area (Å²) >= 11 is 0. The number of benzene rings is 2. The van der Waals surface area contributed by atoms with E-state index in [2.05, 4.69) is 108 Å². The van der Waals surface area contributed by atoms with Gasteiger partial charge < -0.3 is 4.90 Å². The molecule has 2 aromatic carbocycles. The minimum absolute atomic E-state index is 0.949. The molecule has 1 aromatic heterocycles. The van der Waals surface area contributed by atoms with E-state index in [1.54, 1.807) is 0 Å². The number of hydrogen-bond donors (Lipinski definition) is 0. The Kier molecular flexibility index (Phi) is 4.06. The number of hydrogen-bond acceptors (Lipinski definition) is 2. The van der Waals surface area contributed by atoms with E-state index in [1.807, 2.05) is 10.9 Å². The molecule has 0 amide bonds. The van der Waals surface area contributed by atoms with Gasteiger partial charge >= 0.3 is 0 Å². The molecule has 0 bridgehead atoms. The van der Waals surface area contributed by atoms with E-state index >= 15 is 0 Å². The van der Waals surface area contributed by atoms with E-state index in [4.69, 9.17) is 0 Å². The van der Waals surface area contributed by atoms with Crippen LogP contribution < -0.4 is 0 Å². The third-order valence-corrected chi connectivity index (χ3v) is 5.16. The predicted molar refractivity (Wildman–Crippen MR) is 114 cm³/mol. The first-order valence-electron chi connectivity index (χ1n) is 9.56. The SMILES string of the molecule is Cc1ccc(-n2nccc2C2=CN3C(=CCC=C3c3ccccc3)C=C2)cc1. The van der Waals surface area contributed by atoms with Crippen molar-refractivity contribution in [2.24, 2.45) is 0 Å². The maximum Gasteiger partial charge on any atom is 0.0755 e. The van der Waals surface area contributed by atoms with Gasteiger partial charge in [0.15, 0.2) is 0 Å². The number of rotatable bonds is 3. The quantitative estimate of drug-likeness (QED) is 0.593. The molecule has 2 aliphatic rings. The first-order chi connectivity index (χ1) is 13.8. The van der Waals surface area contributed by atoms with Crippen molar-refractivity contribution in [1.29, 1.82) is 0 Å². The number of aromatic nitrogens is 2. The second kappa shape index (κ2) is 6.86. The number of nitrogens with zero attached hydrogens (tertiary/aromatic N) is 3. The highest BCUT2D eigenvalue weighted by Crippen LogP contribution is 2.35. The van der Waals surface area contributed by atoms with Crippen molar-refractivity contribution in [3.8, 4) is 5.69 Å². The zero-order valence-corrected chi connectivity index (χ0v) is 15.8. The zero-order valence-electron chi connectivity index (χ0n) is 15.8. The van der Waals surface area contributed by atoms with Gasteiger partial charge in [-0.3, -0.25) is 0 Å². The summed E-state index contributed by atoms with van der Waals surface area (Å²) < 4.78 is 2.00. The van der Waals surface area contributed by atoms with Gasteiger partial charge in [0.25, 0.3) is 0 Å². The first-order valence-corrected chi connectivity index (χ1v) is 9.56. The van der Waals surface area contributed by atoms with Crippen molar-refractivity contribution in [3.05, 3.63) is 120 Å². The Morgan fingerprint density at radius 3 is 2.50 bits per heavy atom. The maximum absolute atomic E-state index is 4.57. The predicted octanol–water partition coefficient (Wildman–Crippen LogP) is 5.72. The van der Waals surface area contributed by atoms with Crippen molar-refractivity contribution in [2.75, 3.05) is 0 Å². The monoisotopic (exact) mass is 363 g/mol. The second-order valence-electron chi connectivity index (χ2n) is 7.07. The zero-order chi connectivity index (χ0) is 18.9. The van der Waals surface area contributed by atoms with Crippen LogP contribution in [0.1, 0.15) is 23.2 Å². The molecule has 136 valence electrons. The van der Waals surface area contributed by atoms with Crippen LogP contribution in [-0.2, 0) is 0 Å². The smallest absolute Gasteiger partial charge is 0.0755 e. The fraction of sp³-hybridized carbons (Fsp3) is 0.0800. The van der Waals surface area contributed by atoms with Crippen molar-refractivity contribution in [2.45, 2.75) is 13.3 Å². The van der Waals surface area contributed by atoms with Gasteiger partial charge in [-0.05, 0) is 49.3 Å². The summed E-state index contributed by atoms with van der Waals surface area (Å²) in [7, 11) is 0. The van der Waals surface area contributed by atoms with E-state index in [9.17, 15) is 0 Å². The molecule has 0 fully saturated rings. The Labute approximate surface area is 165 Å². The van der Waals surface area contributed by atoms with Crippen LogP contribution >= 0.6 is 0 Å². The Balaban J connectivity index is 1.55. The Morgan fingerprint density at radius 1 is 0.857 bits per heavy atom. The van der Waals surface area contributed by atoms with Gasteiger partial charge in [-0.15, -0.1) is 0 Å². The molecule has 3 nitrogen and oxygen atoms in total. The van der Waals surface area contributed by atoms with Gasteiger partial charge in [0, 0.05) is 23.2 Å². The third kappa shape index (κ3) is 2.91. The molecule has 5 rings (SSSR count). The number of allylic oxidation sites excluding steroid dienone is 5. The lowest BCUT2D eigenvalue weighted by atomic mass is 10.0. The molecule has 0 aliphatic carbocycles. The highest BCUT2D eigenvalue weighted by atomic mass is 15.3. The molecule has 2 aliphatic heterocycles. The molecule has 3 heterocycles. The van der Waals surface area contributed by atoms with Crippen molar-refractivity contribution < 1.29 is 0 Å². The van der Waals surface area contributed by atoms with Crippen LogP contribution in [0.15, 0.2) is 103 Å². The van der Waals surface area contributed by atoms with Crippen molar-refractivity contribution in [1.82, 2.24) is 14.7 Å². The summed E-state index contributed by atoms with van der Waals surface area (Å²) in [5.41, 5.74) is 8.20. The molecule has 0 spiro atoms. The first kappa shape index (κ1) is 16.6. The van der Waals surface area contributed by atoms with Crippen LogP contribution in [0.5, 0.6) is 0 Å². The summed E-state index contributed by atoms with van der Waals surface area (Å²) in [6.45, 7) is 2.10. The normalized spacial score (nSPS) is 15.6. The number of aryl methyl sites for hydroxylation is 1. The molecule has 0 atom stereocenters. The summed E-state index contributed by atoms with van der Waals surface area (Å²) in [6, 6.07) is 21.1. The van der Waals surface area contributed by atoms with Crippen LogP contribution in [-0.4, -0.2) is 14.7 Å². The largest absolute Gasteiger partial charge is 0.317 e. The minimum atomic E-state index is 0.949. The highest BCUT2D eigenvalue weighted by molar-refractivity contribution is 5.79. The topological polar surface area (TPSA) is 21.1 Å². The van der Waals surface area contributed by atoms with Gasteiger partial charge in [-0.25, -0.2) is 4.68 Å². The Bertz CT molecular complexity index is 1130. The van der Waals surface area contributed by atoms with Crippen molar-refractivity contribution in [3.63, 3.8) is 0 Å². The molecule has 0 saturated heterocycles. The highest BCUT2D eigenvalue weighted by Gasteiger charge is 2.21. The minimum Gasteiger partial charge on any atom is -0.317 e. The molecule has 3 heteroatoms. The van der Waals surface area contributed by atoms with Crippen LogP contribution in [0, 0.1) is 6.92 Å². The van der Waals surface area contributed by atoms with Crippen LogP contribution in [0.2, 0.25) is 0 Å². The summed E-state index contributed by atoms with van der Waals surface area (Å²) in [4.78, 5) is 2.28. The lowest BCUT2D eigenvalue weighted by molar-refractivity contribution is 0.660. The van der Waals surface area contributed by atoms with Crippen LogP contribution in [0.4, 0.5) is 0 Å². The Hall–Kier alpha value is -3.59. The molecule has 28 heavy (non-hydrogen) atoms. The molecule has 0 N–H and O–H groups in total. The molecular weight excluding hydrogens is 342 g/mol. The summed E-state index contributed by atoms with van der Waals surface area (Å²) in [5, 5.41) is 4.57. The summed E-state index contributed by atoms with van der Waals surface area (Å²) in [5.74, 6) is 0. The average Bonchev–Trinajstić information content (AvgIpc) is 3.24. The van der Waals surface area contributed by atoms with Gasteiger partial charge in [0.1, 0.15) is 0 Å². The standard InChI is InChI=1S/C25H21N3/c1-19-10-13-23(14-11-19)28-25(16-17-26-28)21-12-15-22-8-5-9-24(27(22)18-21)20-6-3-2-4-7-20/h2-4,6-18H,5H2,1H3. The maximum atomic E-state index is 4.57. The molecule has 3 aromatic rings.